The fourth-order valence-electron chi connectivity index (χ4n) is 3.61. The smallest absolute Gasteiger partial charge is 0.203 e. The Kier molecular flexibility index (Phi) is 6.01. The Hall–Kier alpha value is -2.86. The lowest BCUT2D eigenvalue weighted by Crippen LogP contribution is -2.15. The third-order valence-corrected chi connectivity index (χ3v) is 10.4. The lowest BCUT2D eigenvalue weighted by molar-refractivity contribution is 0.507. The SMILES string of the molecule is Cc1ccc(S(=O)(=O)OS(c2ccccc2)(c2ccccc2)c2ccccc2)c(C)c1. The Labute approximate surface area is 186 Å². The summed E-state index contributed by atoms with van der Waals surface area (Å²) < 4.78 is 33.7. The van der Waals surface area contributed by atoms with E-state index in [1.807, 2.05) is 104 Å². The zero-order valence-electron chi connectivity index (χ0n) is 17.4. The highest BCUT2D eigenvalue weighted by atomic mass is 32.3. The van der Waals surface area contributed by atoms with E-state index in [4.69, 9.17) is 3.63 Å². The molecule has 0 amide bonds. The van der Waals surface area contributed by atoms with Crippen LogP contribution in [0.5, 0.6) is 0 Å². The van der Waals surface area contributed by atoms with E-state index in [9.17, 15) is 8.42 Å². The molecule has 0 saturated carbocycles. The molecule has 158 valence electrons. The Balaban J connectivity index is 2.01. The van der Waals surface area contributed by atoms with Crippen LogP contribution in [0.25, 0.3) is 0 Å². The van der Waals surface area contributed by atoms with Crippen molar-refractivity contribution < 1.29 is 12.0 Å². The maximum Gasteiger partial charge on any atom is 0.307 e. The van der Waals surface area contributed by atoms with Gasteiger partial charge < -0.3 is 0 Å². The minimum atomic E-state index is -4.07. The molecule has 0 fully saturated rings. The molecule has 0 spiro atoms. The second-order valence-electron chi connectivity index (χ2n) is 7.29. The van der Waals surface area contributed by atoms with Gasteiger partial charge >= 0.3 is 10.1 Å². The van der Waals surface area contributed by atoms with Crippen molar-refractivity contribution in [2.45, 2.75) is 33.4 Å². The minimum Gasteiger partial charge on any atom is -0.203 e. The second-order valence-corrected chi connectivity index (χ2v) is 11.7. The molecule has 31 heavy (non-hydrogen) atoms. The summed E-state index contributed by atoms with van der Waals surface area (Å²) in [7, 11) is -6.63. The van der Waals surface area contributed by atoms with E-state index in [1.54, 1.807) is 19.1 Å². The van der Waals surface area contributed by atoms with E-state index in [1.165, 1.54) is 0 Å². The summed E-state index contributed by atoms with van der Waals surface area (Å²) in [5.41, 5.74) is 1.67. The molecule has 0 N–H and O–H groups in total. The zero-order valence-corrected chi connectivity index (χ0v) is 19.1. The van der Waals surface area contributed by atoms with Crippen molar-refractivity contribution in [3.8, 4) is 0 Å². The summed E-state index contributed by atoms with van der Waals surface area (Å²) in [5.74, 6) is 0. The molecule has 0 bridgehead atoms. The molecule has 0 saturated heterocycles. The molecule has 3 nitrogen and oxygen atoms in total. The fraction of sp³-hybridized carbons (Fsp3) is 0.0769. The predicted molar refractivity (Wildman–Crippen MR) is 126 cm³/mol. The standard InChI is InChI=1S/C26H24O3S2/c1-21-18-19-26(22(2)20-21)31(27,28)29-30(23-12-6-3-7-13-23,24-14-8-4-9-15-24)25-16-10-5-11-17-25/h3-20H,1-2H3. The highest BCUT2D eigenvalue weighted by Crippen LogP contribution is 2.70. The monoisotopic (exact) mass is 448 g/mol. The summed E-state index contributed by atoms with van der Waals surface area (Å²) in [6.07, 6.45) is 0. The van der Waals surface area contributed by atoms with Crippen LogP contribution in [-0.2, 0) is 13.7 Å². The molecule has 4 aromatic carbocycles. The van der Waals surface area contributed by atoms with Crippen molar-refractivity contribution in [1.82, 2.24) is 0 Å². The first-order chi connectivity index (χ1) is 14.9. The quantitative estimate of drug-likeness (QED) is 0.322. The molecular formula is C26H24O3S2. The van der Waals surface area contributed by atoms with E-state index in [0.717, 1.165) is 20.2 Å². The third kappa shape index (κ3) is 4.17. The lowest BCUT2D eigenvalue weighted by atomic mass is 10.2. The van der Waals surface area contributed by atoms with Crippen LogP contribution in [0.4, 0.5) is 0 Å². The average Bonchev–Trinajstić information content (AvgIpc) is 2.79. The van der Waals surface area contributed by atoms with Crippen LogP contribution < -0.4 is 0 Å². The molecule has 0 atom stereocenters. The average molecular weight is 449 g/mol. The fourth-order valence-corrected chi connectivity index (χ4v) is 9.05. The van der Waals surface area contributed by atoms with Gasteiger partial charge in [0.2, 0.25) is 0 Å². The van der Waals surface area contributed by atoms with Gasteiger partial charge in [0.05, 0.1) is 4.90 Å². The van der Waals surface area contributed by atoms with Crippen LogP contribution in [0.2, 0.25) is 0 Å². The van der Waals surface area contributed by atoms with E-state index >= 15 is 0 Å². The van der Waals surface area contributed by atoms with Crippen LogP contribution in [-0.4, -0.2) is 8.42 Å². The third-order valence-electron chi connectivity index (χ3n) is 5.02. The van der Waals surface area contributed by atoms with Crippen LogP contribution in [0.15, 0.2) is 129 Å². The number of benzene rings is 4. The first-order valence-electron chi connectivity index (χ1n) is 9.95. The summed E-state index contributed by atoms with van der Waals surface area (Å²) in [4.78, 5) is 2.65. The van der Waals surface area contributed by atoms with Gasteiger partial charge in [-0.15, -0.1) is 0 Å². The second kappa shape index (κ2) is 8.71. The van der Waals surface area contributed by atoms with E-state index < -0.39 is 20.4 Å². The highest BCUT2D eigenvalue weighted by molar-refractivity contribution is 8.33. The Morgan fingerprint density at radius 1 is 0.581 bits per heavy atom. The van der Waals surface area contributed by atoms with Gasteiger partial charge in [0, 0.05) is 14.7 Å². The summed E-state index contributed by atoms with van der Waals surface area (Å²) in [6.45, 7) is 3.74. The normalized spacial score (nSPS) is 12.5. The topological polar surface area (TPSA) is 43.4 Å². The maximum atomic E-state index is 13.7. The van der Waals surface area contributed by atoms with Crippen molar-refractivity contribution >= 4 is 20.4 Å². The van der Waals surface area contributed by atoms with E-state index in [2.05, 4.69) is 0 Å². The van der Waals surface area contributed by atoms with Gasteiger partial charge in [0.1, 0.15) is 0 Å². The van der Waals surface area contributed by atoms with Crippen molar-refractivity contribution in [1.29, 1.82) is 0 Å². The van der Waals surface area contributed by atoms with Gasteiger partial charge in [0.15, 0.2) is 0 Å². The van der Waals surface area contributed by atoms with Crippen LogP contribution >= 0.6 is 10.3 Å². The molecule has 0 aliphatic rings. The van der Waals surface area contributed by atoms with Crippen LogP contribution in [0, 0.1) is 13.8 Å². The molecular weight excluding hydrogens is 424 g/mol. The number of aryl methyl sites for hydroxylation is 2. The van der Waals surface area contributed by atoms with Gasteiger partial charge in [0.25, 0.3) is 0 Å². The largest absolute Gasteiger partial charge is 0.307 e. The highest BCUT2D eigenvalue weighted by Gasteiger charge is 2.38. The van der Waals surface area contributed by atoms with Crippen molar-refractivity contribution in [2.75, 3.05) is 0 Å². The van der Waals surface area contributed by atoms with Crippen molar-refractivity contribution in [2.24, 2.45) is 0 Å². The Bertz CT molecular complexity index is 1170. The predicted octanol–water partition coefficient (Wildman–Crippen LogP) is 6.91. The molecule has 5 heteroatoms. The molecule has 4 aromatic rings. The van der Waals surface area contributed by atoms with Gasteiger partial charge in [-0.05, 0) is 72.2 Å². The van der Waals surface area contributed by atoms with Crippen LogP contribution in [0.3, 0.4) is 0 Å². The molecule has 0 heterocycles. The molecule has 4 rings (SSSR count). The van der Waals surface area contributed by atoms with Gasteiger partial charge in [-0.1, -0.05) is 72.3 Å². The Morgan fingerprint density at radius 2 is 1.00 bits per heavy atom. The molecule has 0 unspecified atom stereocenters. The lowest BCUT2D eigenvalue weighted by Gasteiger charge is -2.39. The van der Waals surface area contributed by atoms with Gasteiger partial charge in [-0.25, -0.2) is 3.63 Å². The summed E-state index contributed by atoms with van der Waals surface area (Å²) in [6, 6.07) is 34.1. The molecule has 0 aliphatic carbocycles. The van der Waals surface area contributed by atoms with Crippen LogP contribution in [0.1, 0.15) is 11.1 Å². The van der Waals surface area contributed by atoms with E-state index in [0.29, 0.717) is 5.56 Å². The maximum absolute atomic E-state index is 13.7. The van der Waals surface area contributed by atoms with Gasteiger partial charge in [-0.3, -0.25) is 0 Å². The molecule has 0 aliphatic heterocycles. The first-order valence-corrected chi connectivity index (χ1v) is 12.9. The van der Waals surface area contributed by atoms with Crippen molar-refractivity contribution in [3.05, 3.63) is 120 Å². The summed E-state index contributed by atoms with van der Waals surface area (Å²) >= 11 is 0. The van der Waals surface area contributed by atoms with Gasteiger partial charge in [-0.2, -0.15) is 8.42 Å². The molecule has 0 radical (unpaired) electrons. The van der Waals surface area contributed by atoms with E-state index in [-0.39, 0.29) is 4.90 Å². The first kappa shape index (κ1) is 21.4. The number of hydrogen-bond acceptors (Lipinski definition) is 3. The zero-order chi connectivity index (χ0) is 21.9. The number of hydrogen-bond donors (Lipinski definition) is 0. The van der Waals surface area contributed by atoms with Crippen molar-refractivity contribution in [3.63, 3.8) is 0 Å². The Morgan fingerprint density at radius 3 is 1.39 bits per heavy atom. The summed E-state index contributed by atoms with van der Waals surface area (Å²) in [5, 5.41) is 0. The number of rotatable bonds is 6. The minimum absolute atomic E-state index is 0.192. The molecule has 0 aromatic heterocycles.